The molecule has 0 spiro atoms. The van der Waals surface area contributed by atoms with Gasteiger partial charge in [0.15, 0.2) is 0 Å². The number of nitrogens with zero attached hydrogens (tertiary/aromatic N) is 1. The molecule has 0 aliphatic rings. The van der Waals surface area contributed by atoms with Crippen LogP contribution in [0.25, 0.3) is 0 Å². The van der Waals surface area contributed by atoms with E-state index in [-0.39, 0.29) is 10.8 Å². The van der Waals surface area contributed by atoms with Gasteiger partial charge in [0.05, 0.1) is 0 Å². The first kappa shape index (κ1) is 12.8. The van der Waals surface area contributed by atoms with Crippen molar-refractivity contribution in [3.05, 3.63) is 17.8 Å². The molecule has 0 atom stereocenters. The van der Waals surface area contributed by atoms with E-state index >= 15 is 0 Å². The molecule has 1 heterocycles. The van der Waals surface area contributed by atoms with Crippen LogP contribution >= 0.6 is 0 Å². The van der Waals surface area contributed by atoms with Gasteiger partial charge in [0.2, 0.25) is 0 Å². The molecule has 0 aliphatic heterocycles. The molecule has 0 bridgehead atoms. The molecule has 0 N–H and O–H groups in total. The first-order valence-corrected chi connectivity index (χ1v) is 6.60. The molecule has 2 nitrogen and oxygen atoms in total. The van der Waals surface area contributed by atoms with Crippen LogP contribution in [0, 0.1) is 5.41 Å². The van der Waals surface area contributed by atoms with E-state index in [9.17, 15) is 0 Å². The number of rotatable bonds is 1. The van der Waals surface area contributed by atoms with Crippen LogP contribution in [0.1, 0.15) is 53.2 Å². The van der Waals surface area contributed by atoms with Gasteiger partial charge < -0.3 is 0 Å². The first-order valence-electron chi connectivity index (χ1n) is 5.13. The third-order valence-electron chi connectivity index (χ3n) is 2.05. The summed E-state index contributed by atoms with van der Waals surface area (Å²) in [6.07, 6.45) is 1.86. The molecule has 3 heteroatoms. The Morgan fingerprint density at radius 3 is 2.07 bits per heavy atom. The van der Waals surface area contributed by atoms with E-state index in [4.69, 9.17) is 4.42 Å². The Hall–Kier alpha value is -0.232. The van der Waals surface area contributed by atoms with Crippen molar-refractivity contribution < 1.29 is 23.8 Å². The van der Waals surface area contributed by atoms with E-state index in [0.717, 1.165) is 11.7 Å². The van der Waals surface area contributed by atoms with Crippen molar-refractivity contribution in [3.8, 4) is 0 Å². The van der Waals surface area contributed by atoms with Crippen LogP contribution in [0.2, 0.25) is 0 Å². The van der Waals surface area contributed by atoms with Gasteiger partial charge in [-0.2, -0.15) is 0 Å². The molecule has 0 aromatic carbocycles. The summed E-state index contributed by atoms with van der Waals surface area (Å²) in [5.74, 6) is 1.77. The Labute approximate surface area is 103 Å². The van der Waals surface area contributed by atoms with Gasteiger partial charge in [0.25, 0.3) is 0 Å². The standard InChI is InChI=1S/C12H19NO.W/c1-11(2,3)7-9-8-13-10(14-9)12(4,5)6;/h8H,1-6H3;. The molecule has 15 heavy (non-hydrogen) atoms. The molecule has 0 unspecified atom stereocenters. The summed E-state index contributed by atoms with van der Waals surface area (Å²) in [5, 5.41) is 0. The van der Waals surface area contributed by atoms with E-state index < -0.39 is 0 Å². The van der Waals surface area contributed by atoms with Gasteiger partial charge in [-0.15, -0.1) is 0 Å². The zero-order valence-electron chi connectivity index (χ0n) is 10.3. The second-order valence-corrected chi connectivity index (χ2v) is 7.33. The van der Waals surface area contributed by atoms with E-state index in [2.05, 4.69) is 46.5 Å². The van der Waals surface area contributed by atoms with Crippen LogP contribution in [0.15, 0.2) is 10.6 Å². The molecule has 84 valence electrons. The summed E-state index contributed by atoms with van der Waals surface area (Å²) in [6, 6.07) is 0. The number of aromatic nitrogens is 1. The molecule has 1 aromatic rings. The van der Waals surface area contributed by atoms with E-state index in [1.807, 2.05) is 6.20 Å². The van der Waals surface area contributed by atoms with Crippen molar-refractivity contribution in [2.75, 3.05) is 0 Å². The summed E-state index contributed by atoms with van der Waals surface area (Å²) in [7, 11) is 0. The molecule has 0 radical (unpaired) electrons. The van der Waals surface area contributed by atoms with Crippen molar-refractivity contribution >= 4 is 3.90 Å². The minimum absolute atomic E-state index is 0.00819. The Morgan fingerprint density at radius 2 is 1.73 bits per heavy atom. The monoisotopic (exact) mass is 377 g/mol. The van der Waals surface area contributed by atoms with Gasteiger partial charge in [0, 0.05) is 0 Å². The summed E-state index contributed by atoms with van der Waals surface area (Å²) < 4.78 is 7.13. The quantitative estimate of drug-likeness (QED) is 0.752. The third-order valence-corrected chi connectivity index (χ3v) is 4.98. The maximum absolute atomic E-state index is 5.81. The number of oxazole rings is 1. The van der Waals surface area contributed by atoms with Crippen LogP contribution in [0.5, 0.6) is 0 Å². The molecule has 1 aromatic heterocycles. The zero-order valence-corrected chi connectivity index (χ0v) is 13.3. The van der Waals surface area contributed by atoms with Gasteiger partial charge in [-0.25, -0.2) is 0 Å². The van der Waals surface area contributed by atoms with Crippen LogP contribution in [-0.2, 0) is 24.8 Å². The summed E-state index contributed by atoms with van der Waals surface area (Å²) in [6.45, 7) is 12.9. The topological polar surface area (TPSA) is 26.0 Å². The van der Waals surface area contributed by atoms with Gasteiger partial charge in [-0.05, 0) is 0 Å². The summed E-state index contributed by atoms with van der Waals surface area (Å²) in [4.78, 5) is 4.35. The van der Waals surface area contributed by atoms with Crippen LogP contribution in [-0.4, -0.2) is 8.88 Å². The average molecular weight is 377 g/mol. The Bertz CT molecular complexity index is 366. The van der Waals surface area contributed by atoms with Crippen LogP contribution in [0.4, 0.5) is 0 Å². The molecular weight excluding hydrogens is 358 g/mol. The van der Waals surface area contributed by atoms with Crippen LogP contribution in [0.3, 0.4) is 0 Å². The molecule has 0 aliphatic carbocycles. The molecule has 0 saturated heterocycles. The van der Waals surface area contributed by atoms with Crippen molar-refractivity contribution in [1.82, 2.24) is 4.98 Å². The second-order valence-electron chi connectivity index (χ2n) is 5.86. The molecule has 1 rings (SSSR count). The Kier molecular flexibility index (Phi) is 3.40. The van der Waals surface area contributed by atoms with Crippen molar-refractivity contribution in [2.24, 2.45) is 5.41 Å². The van der Waals surface area contributed by atoms with Crippen molar-refractivity contribution in [1.29, 1.82) is 0 Å². The first-order chi connectivity index (χ1) is 6.62. The predicted molar refractivity (Wildman–Crippen MR) is 58.8 cm³/mol. The fourth-order valence-electron chi connectivity index (χ4n) is 1.10. The van der Waals surface area contributed by atoms with Gasteiger partial charge in [0.1, 0.15) is 0 Å². The van der Waals surface area contributed by atoms with E-state index in [1.165, 1.54) is 23.3 Å². The minimum atomic E-state index is -0.00819. The molecular formula is C12H19NOW. The zero-order chi connectivity index (χ0) is 11.9. The fourth-order valence-corrected chi connectivity index (χ4v) is 1.43. The SMILES string of the molecule is CC(C)(C)[C](=[W])c1cnc(C(C)(C)C)o1. The van der Waals surface area contributed by atoms with E-state index in [1.54, 1.807) is 0 Å². The molecule has 0 amide bonds. The predicted octanol–water partition coefficient (Wildman–Crippen LogP) is 3.09. The Morgan fingerprint density at radius 1 is 1.20 bits per heavy atom. The van der Waals surface area contributed by atoms with E-state index in [0.29, 0.717) is 0 Å². The maximum atomic E-state index is 5.81. The Balaban J connectivity index is 3.01. The third kappa shape index (κ3) is 3.11. The van der Waals surface area contributed by atoms with Gasteiger partial charge >= 0.3 is 103 Å². The van der Waals surface area contributed by atoms with Gasteiger partial charge in [-0.3, -0.25) is 0 Å². The molecule has 0 fully saturated rings. The van der Waals surface area contributed by atoms with Crippen LogP contribution < -0.4 is 0 Å². The number of hydrogen-bond donors (Lipinski definition) is 0. The average Bonchev–Trinajstić information content (AvgIpc) is 2.47. The second kappa shape index (κ2) is 3.97. The van der Waals surface area contributed by atoms with Crippen molar-refractivity contribution in [3.63, 3.8) is 0 Å². The number of hydrogen-bond acceptors (Lipinski definition) is 2. The van der Waals surface area contributed by atoms with Gasteiger partial charge in [-0.1, -0.05) is 0 Å². The fraction of sp³-hybridized carbons (Fsp3) is 0.667. The van der Waals surface area contributed by atoms with Crippen molar-refractivity contribution in [2.45, 2.75) is 47.0 Å². The summed E-state index contributed by atoms with van der Waals surface area (Å²) >= 11 is 1.45. The molecule has 0 saturated carbocycles. The normalized spacial score (nSPS) is 12.9. The summed E-state index contributed by atoms with van der Waals surface area (Å²) in [5.41, 5.74) is 0.162.